The van der Waals surface area contributed by atoms with Gasteiger partial charge in [0.15, 0.2) is 5.13 Å². The normalized spacial score (nSPS) is 20.9. The highest BCUT2D eigenvalue weighted by Crippen LogP contribution is 2.32. The van der Waals surface area contributed by atoms with Crippen LogP contribution >= 0.6 is 11.3 Å². The van der Waals surface area contributed by atoms with Crippen molar-refractivity contribution in [1.82, 2.24) is 9.88 Å². The van der Waals surface area contributed by atoms with Crippen molar-refractivity contribution >= 4 is 22.4 Å². The van der Waals surface area contributed by atoms with Gasteiger partial charge in [0.05, 0.1) is 11.3 Å². The Hall–Kier alpha value is -1.30. The van der Waals surface area contributed by atoms with Crippen LogP contribution in [0, 0.1) is 5.92 Å². The zero-order valence-corrected chi connectivity index (χ0v) is 16.1. The zero-order chi connectivity index (χ0) is 17.6. The second-order valence-corrected chi connectivity index (χ2v) is 8.65. The molecule has 5 nitrogen and oxygen atoms in total. The maximum absolute atomic E-state index is 12.5. The van der Waals surface area contributed by atoms with Gasteiger partial charge in [-0.3, -0.25) is 4.79 Å². The summed E-state index contributed by atoms with van der Waals surface area (Å²) in [5.74, 6) is 0.821. The van der Waals surface area contributed by atoms with Crippen LogP contribution in [0.4, 0.5) is 5.13 Å². The Morgan fingerprint density at radius 1 is 1.20 bits per heavy atom. The number of rotatable bonds is 5. The van der Waals surface area contributed by atoms with Gasteiger partial charge >= 0.3 is 0 Å². The predicted molar refractivity (Wildman–Crippen MR) is 102 cm³/mol. The first-order valence-electron chi connectivity index (χ1n) is 9.86. The quantitative estimate of drug-likeness (QED) is 0.822. The molecule has 1 aromatic heterocycles. The van der Waals surface area contributed by atoms with E-state index in [0.717, 1.165) is 31.1 Å². The fourth-order valence-corrected chi connectivity index (χ4v) is 4.98. The first-order chi connectivity index (χ1) is 12.1. The van der Waals surface area contributed by atoms with Gasteiger partial charge in [0.1, 0.15) is 0 Å². The molecule has 0 spiro atoms. The Labute approximate surface area is 154 Å². The van der Waals surface area contributed by atoms with Crippen LogP contribution in [0.2, 0.25) is 0 Å². The number of thiazole rings is 1. The molecule has 0 unspecified atom stereocenters. The number of nitrogens with one attached hydrogen (secondary N) is 1. The SMILES string of the molecule is C[C@@H](Nc1nc(O)c(CC(=O)N2CCCCCC2)s1)C1CCCCC1. The summed E-state index contributed by atoms with van der Waals surface area (Å²) in [5.41, 5.74) is 0. The van der Waals surface area contributed by atoms with E-state index in [1.54, 1.807) is 0 Å². The van der Waals surface area contributed by atoms with Gasteiger partial charge < -0.3 is 15.3 Å². The minimum atomic E-state index is 0.0199. The Kier molecular flexibility index (Phi) is 6.57. The molecule has 0 radical (unpaired) electrons. The Balaban J connectivity index is 1.56. The second kappa shape index (κ2) is 8.88. The van der Waals surface area contributed by atoms with Crippen LogP contribution in [0.5, 0.6) is 5.88 Å². The summed E-state index contributed by atoms with van der Waals surface area (Å²) >= 11 is 1.43. The third-order valence-electron chi connectivity index (χ3n) is 5.66. The molecule has 1 aliphatic heterocycles. The van der Waals surface area contributed by atoms with Gasteiger partial charge in [-0.1, -0.05) is 43.4 Å². The van der Waals surface area contributed by atoms with Crippen molar-refractivity contribution in [2.75, 3.05) is 18.4 Å². The maximum atomic E-state index is 12.5. The molecule has 2 fully saturated rings. The standard InChI is InChI=1S/C19H31N3O2S/c1-14(15-9-5-4-6-10-15)20-19-21-18(24)16(25-19)13-17(23)22-11-7-2-3-8-12-22/h14-15,24H,2-13H2,1H3,(H,20,21)/t14-/m1/s1. The summed E-state index contributed by atoms with van der Waals surface area (Å²) in [7, 11) is 0. The molecule has 0 aromatic carbocycles. The first-order valence-corrected chi connectivity index (χ1v) is 10.7. The lowest BCUT2D eigenvalue weighted by molar-refractivity contribution is -0.130. The summed E-state index contributed by atoms with van der Waals surface area (Å²) in [4.78, 5) is 19.4. The summed E-state index contributed by atoms with van der Waals surface area (Å²) in [5, 5.41) is 14.3. The van der Waals surface area contributed by atoms with Crippen molar-refractivity contribution in [2.45, 2.75) is 77.2 Å². The Bertz CT molecular complexity index is 561. The number of carbonyl (C=O) groups excluding carboxylic acids is 1. The summed E-state index contributed by atoms with van der Waals surface area (Å²) in [6.45, 7) is 3.90. The lowest BCUT2D eigenvalue weighted by atomic mass is 9.85. The number of likely N-dealkylation sites (tertiary alicyclic amines) is 1. The third-order valence-corrected chi connectivity index (χ3v) is 6.63. The highest BCUT2D eigenvalue weighted by molar-refractivity contribution is 7.16. The van der Waals surface area contributed by atoms with E-state index in [9.17, 15) is 9.90 Å². The largest absolute Gasteiger partial charge is 0.492 e. The first kappa shape index (κ1) is 18.5. The summed E-state index contributed by atoms with van der Waals surface area (Å²) in [6.07, 6.45) is 11.4. The highest BCUT2D eigenvalue weighted by atomic mass is 32.1. The van der Waals surface area contributed by atoms with Crippen molar-refractivity contribution in [2.24, 2.45) is 5.92 Å². The van der Waals surface area contributed by atoms with E-state index in [4.69, 9.17) is 0 Å². The molecule has 2 heterocycles. The summed E-state index contributed by atoms with van der Waals surface area (Å²) < 4.78 is 0. The lowest BCUT2D eigenvalue weighted by Crippen LogP contribution is -2.32. The summed E-state index contributed by atoms with van der Waals surface area (Å²) in [6, 6.07) is 0.361. The van der Waals surface area contributed by atoms with Crippen molar-refractivity contribution in [1.29, 1.82) is 0 Å². The van der Waals surface area contributed by atoms with E-state index in [0.29, 0.717) is 16.8 Å². The van der Waals surface area contributed by atoms with E-state index in [1.165, 1.54) is 56.3 Å². The zero-order valence-electron chi connectivity index (χ0n) is 15.3. The van der Waals surface area contributed by atoms with E-state index < -0.39 is 0 Å². The molecule has 2 aliphatic rings. The number of hydrogen-bond acceptors (Lipinski definition) is 5. The molecular formula is C19H31N3O2S. The number of aromatic hydroxyl groups is 1. The molecule has 1 saturated carbocycles. The molecule has 1 aromatic rings. The highest BCUT2D eigenvalue weighted by Gasteiger charge is 2.23. The van der Waals surface area contributed by atoms with E-state index >= 15 is 0 Å². The molecule has 1 aliphatic carbocycles. The van der Waals surface area contributed by atoms with Gasteiger partial charge in [0.25, 0.3) is 0 Å². The fourth-order valence-electron chi connectivity index (χ4n) is 4.04. The third kappa shape index (κ3) is 5.09. The van der Waals surface area contributed by atoms with Crippen LogP contribution < -0.4 is 5.32 Å². The van der Waals surface area contributed by atoms with E-state index in [1.807, 2.05) is 4.90 Å². The van der Waals surface area contributed by atoms with Crippen molar-refractivity contribution in [3.63, 3.8) is 0 Å². The number of hydrogen-bond donors (Lipinski definition) is 2. The average Bonchev–Trinajstić information content (AvgIpc) is 2.82. The minimum Gasteiger partial charge on any atom is -0.492 e. The van der Waals surface area contributed by atoms with Gasteiger partial charge in [0.2, 0.25) is 11.8 Å². The lowest BCUT2D eigenvalue weighted by Gasteiger charge is -2.28. The van der Waals surface area contributed by atoms with Gasteiger partial charge in [-0.05, 0) is 38.5 Å². The van der Waals surface area contributed by atoms with Crippen molar-refractivity contribution in [3.05, 3.63) is 4.88 Å². The number of carbonyl (C=O) groups is 1. The minimum absolute atomic E-state index is 0.0199. The molecule has 2 N–H and O–H groups in total. The molecule has 1 amide bonds. The number of aromatic nitrogens is 1. The van der Waals surface area contributed by atoms with E-state index in [-0.39, 0.29) is 18.2 Å². The van der Waals surface area contributed by atoms with Gasteiger partial charge in [-0.25, -0.2) is 0 Å². The van der Waals surface area contributed by atoms with Crippen molar-refractivity contribution < 1.29 is 9.90 Å². The smallest absolute Gasteiger partial charge is 0.228 e. The Morgan fingerprint density at radius 3 is 2.52 bits per heavy atom. The van der Waals surface area contributed by atoms with Gasteiger partial charge in [-0.2, -0.15) is 4.98 Å². The average molecular weight is 366 g/mol. The molecule has 0 bridgehead atoms. The van der Waals surface area contributed by atoms with Crippen LogP contribution in [0.25, 0.3) is 0 Å². The topological polar surface area (TPSA) is 65.5 Å². The molecule has 6 heteroatoms. The van der Waals surface area contributed by atoms with Gasteiger partial charge in [-0.15, -0.1) is 0 Å². The van der Waals surface area contributed by atoms with E-state index in [2.05, 4.69) is 17.2 Å². The predicted octanol–water partition coefficient (Wildman–Crippen LogP) is 4.17. The molecule has 1 saturated heterocycles. The molecule has 1 atom stereocenters. The fraction of sp³-hybridized carbons (Fsp3) is 0.789. The molecule has 3 rings (SSSR count). The molecular weight excluding hydrogens is 334 g/mol. The van der Waals surface area contributed by atoms with Crippen molar-refractivity contribution in [3.8, 4) is 5.88 Å². The van der Waals surface area contributed by atoms with Crippen LogP contribution in [0.1, 0.15) is 69.6 Å². The number of nitrogens with zero attached hydrogens (tertiary/aromatic N) is 2. The monoisotopic (exact) mass is 365 g/mol. The maximum Gasteiger partial charge on any atom is 0.228 e. The van der Waals surface area contributed by atoms with Crippen LogP contribution in [-0.2, 0) is 11.2 Å². The van der Waals surface area contributed by atoms with Gasteiger partial charge in [0, 0.05) is 19.1 Å². The van der Waals surface area contributed by atoms with Crippen LogP contribution in [0.15, 0.2) is 0 Å². The van der Waals surface area contributed by atoms with Crippen LogP contribution in [-0.4, -0.2) is 40.0 Å². The van der Waals surface area contributed by atoms with Crippen LogP contribution in [0.3, 0.4) is 0 Å². The second-order valence-electron chi connectivity index (χ2n) is 7.57. The number of anilines is 1. The Morgan fingerprint density at radius 2 is 1.84 bits per heavy atom. The molecule has 25 heavy (non-hydrogen) atoms. The number of amides is 1. The molecule has 140 valence electrons.